The lowest BCUT2D eigenvalue weighted by atomic mass is 10.1. The van der Waals surface area contributed by atoms with E-state index in [0.717, 1.165) is 25.2 Å². The van der Waals surface area contributed by atoms with Gasteiger partial charge < -0.3 is 4.90 Å². The Labute approximate surface area is 171 Å². The Bertz CT molecular complexity index is 803. The highest BCUT2D eigenvalue weighted by molar-refractivity contribution is 7.99. The minimum Gasteiger partial charge on any atom is -0.367 e. The van der Waals surface area contributed by atoms with Crippen molar-refractivity contribution in [2.75, 3.05) is 36.8 Å². The molecule has 0 saturated carbocycles. The number of thioether (sulfide) groups is 1. The Balaban J connectivity index is 1.63. The molecule has 0 bridgehead atoms. The van der Waals surface area contributed by atoms with E-state index in [0.29, 0.717) is 46.0 Å². The molecule has 0 N–H and O–H groups in total. The highest BCUT2D eigenvalue weighted by Crippen LogP contribution is 2.34. The van der Waals surface area contributed by atoms with Crippen LogP contribution in [0, 0.1) is 12.7 Å². The Hall–Kier alpha value is -1.44. The quantitative estimate of drug-likeness (QED) is 0.438. The predicted octanol–water partition coefficient (Wildman–Crippen LogP) is 5.76. The lowest BCUT2D eigenvalue weighted by Gasteiger charge is -2.36. The fourth-order valence-electron chi connectivity index (χ4n) is 3.19. The summed E-state index contributed by atoms with van der Waals surface area (Å²) in [6.45, 7) is 5.17. The molecule has 28 heavy (non-hydrogen) atoms. The van der Waals surface area contributed by atoms with Crippen molar-refractivity contribution in [3.05, 3.63) is 58.4 Å². The topological polar surface area (TPSA) is 6.48 Å². The normalized spacial score (nSPS) is 15.9. The summed E-state index contributed by atoms with van der Waals surface area (Å²) in [4.78, 5) is 4.65. The van der Waals surface area contributed by atoms with Crippen LogP contribution in [0.15, 0.2) is 41.3 Å². The molecule has 2 aromatic carbocycles. The van der Waals surface area contributed by atoms with Gasteiger partial charge in [0, 0.05) is 42.6 Å². The zero-order valence-electron chi connectivity index (χ0n) is 15.4. The third kappa shape index (κ3) is 5.78. The molecule has 1 fully saturated rings. The Morgan fingerprint density at radius 1 is 1.04 bits per heavy atom. The molecular formula is C20H21ClF4N2S. The van der Waals surface area contributed by atoms with E-state index in [1.807, 2.05) is 29.2 Å². The van der Waals surface area contributed by atoms with Gasteiger partial charge in [-0.3, -0.25) is 4.90 Å². The van der Waals surface area contributed by atoms with Gasteiger partial charge in [-0.05, 0) is 42.3 Å². The Kier molecular flexibility index (Phi) is 6.78. The van der Waals surface area contributed by atoms with Gasteiger partial charge in [0.1, 0.15) is 5.82 Å². The third-order valence-corrected chi connectivity index (χ3v) is 6.14. The van der Waals surface area contributed by atoms with E-state index in [1.165, 1.54) is 6.07 Å². The molecule has 0 radical (unpaired) electrons. The molecule has 3 rings (SSSR count). The van der Waals surface area contributed by atoms with E-state index in [2.05, 4.69) is 4.90 Å². The lowest BCUT2D eigenvalue weighted by Crippen LogP contribution is -2.46. The summed E-state index contributed by atoms with van der Waals surface area (Å²) >= 11 is 6.61. The van der Waals surface area contributed by atoms with Gasteiger partial charge in [-0.1, -0.05) is 23.7 Å². The second-order valence-corrected chi connectivity index (χ2v) is 8.32. The zero-order chi connectivity index (χ0) is 20.3. The maximum Gasteiger partial charge on any atom is 0.398 e. The summed E-state index contributed by atoms with van der Waals surface area (Å²) in [5.74, 6) is -1.37. The SMILES string of the molecule is Cc1cc(F)c(N2CCN(Cc3ccc(Cl)cc3)CC2)cc1SCC(F)(F)F. The fraction of sp³-hybridized carbons (Fsp3) is 0.400. The zero-order valence-corrected chi connectivity index (χ0v) is 17.0. The summed E-state index contributed by atoms with van der Waals surface area (Å²) in [6, 6.07) is 10.6. The molecule has 0 aliphatic carbocycles. The van der Waals surface area contributed by atoms with Crippen LogP contribution < -0.4 is 4.90 Å². The van der Waals surface area contributed by atoms with Gasteiger partial charge in [0.15, 0.2) is 0 Å². The summed E-state index contributed by atoms with van der Waals surface area (Å²) in [7, 11) is 0. The molecule has 152 valence electrons. The number of piperazine rings is 1. The second-order valence-electron chi connectivity index (χ2n) is 6.86. The van der Waals surface area contributed by atoms with Gasteiger partial charge in [0.2, 0.25) is 0 Å². The summed E-state index contributed by atoms with van der Waals surface area (Å²) in [5, 5.41) is 0.697. The van der Waals surface area contributed by atoms with Gasteiger partial charge in [0.05, 0.1) is 11.4 Å². The molecule has 1 aliphatic rings. The first kappa shape index (κ1) is 21.3. The van der Waals surface area contributed by atoms with Crippen molar-refractivity contribution in [1.82, 2.24) is 4.90 Å². The monoisotopic (exact) mass is 432 g/mol. The molecular weight excluding hydrogens is 412 g/mol. The van der Waals surface area contributed by atoms with Crippen molar-refractivity contribution >= 4 is 29.1 Å². The number of halogens is 5. The summed E-state index contributed by atoms with van der Waals surface area (Å²) in [6.07, 6.45) is -4.25. The number of aryl methyl sites for hydroxylation is 1. The van der Waals surface area contributed by atoms with Crippen LogP contribution in [0.1, 0.15) is 11.1 Å². The standard InChI is InChI=1S/C20H21ClF4N2S/c1-14-10-17(22)18(11-19(14)28-13-20(23,24)25)27-8-6-26(7-9-27)12-15-2-4-16(21)5-3-15/h2-5,10-11H,6-9,12-13H2,1H3. The van der Waals surface area contributed by atoms with Crippen LogP contribution in [0.4, 0.5) is 23.2 Å². The van der Waals surface area contributed by atoms with E-state index >= 15 is 0 Å². The van der Waals surface area contributed by atoms with Crippen molar-refractivity contribution < 1.29 is 17.6 Å². The van der Waals surface area contributed by atoms with Crippen LogP contribution in [0.3, 0.4) is 0 Å². The van der Waals surface area contributed by atoms with Crippen LogP contribution in [-0.4, -0.2) is 43.0 Å². The van der Waals surface area contributed by atoms with Crippen molar-refractivity contribution in [2.45, 2.75) is 24.5 Å². The molecule has 1 aliphatic heterocycles. The minimum absolute atomic E-state index is 0.376. The van der Waals surface area contributed by atoms with Gasteiger partial charge in [-0.15, -0.1) is 11.8 Å². The number of anilines is 1. The molecule has 0 unspecified atom stereocenters. The molecule has 2 nitrogen and oxygen atoms in total. The predicted molar refractivity (Wildman–Crippen MR) is 107 cm³/mol. The van der Waals surface area contributed by atoms with E-state index in [-0.39, 0.29) is 5.82 Å². The number of hydrogen-bond donors (Lipinski definition) is 0. The van der Waals surface area contributed by atoms with Gasteiger partial charge in [0.25, 0.3) is 0 Å². The van der Waals surface area contributed by atoms with Crippen LogP contribution in [0.2, 0.25) is 5.02 Å². The molecule has 8 heteroatoms. The lowest BCUT2D eigenvalue weighted by molar-refractivity contribution is -0.105. The maximum atomic E-state index is 14.5. The molecule has 0 aromatic heterocycles. The van der Waals surface area contributed by atoms with Crippen molar-refractivity contribution in [2.24, 2.45) is 0 Å². The van der Waals surface area contributed by atoms with Crippen molar-refractivity contribution in [3.63, 3.8) is 0 Å². The van der Waals surface area contributed by atoms with Gasteiger partial charge in [-0.25, -0.2) is 4.39 Å². The van der Waals surface area contributed by atoms with Crippen molar-refractivity contribution in [3.8, 4) is 0 Å². The number of alkyl halides is 3. The number of rotatable bonds is 5. The van der Waals surface area contributed by atoms with Crippen LogP contribution in [0.25, 0.3) is 0 Å². The van der Waals surface area contributed by atoms with E-state index < -0.39 is 11.9 Å². The van der Waals surface area contributed by atoms with Crippen LogP contribution >= 0.6 is 23.4 Å². The first-order valence-corrected chi connectivity index (χ1v) is 10.3. The van der Waals surface area contributed by atoms with Crippen LogP contribution in [0.5, 0.6) is 0 Å². The second kappa shape index (κ2) is 8.93. The third-order valence-electron chi connectivity index (χ3n) is 4.67. The first-order chi connectivity index (χ1) is 13.2. The first-order valence-electron chi connectivity index (χ1n) is 8.93. The maximum absolute atomic E-state index is 14.5. The number of nitrogens with zero attached hydrogens (tertiary/aromatic N) is 2. The van der Waals surface area contributed by atoms with Crippen LogP contribution in [-0.2, 0) is 6.54 Å². The fourth-order valence-corrected chi connectivity index (χ4v) is 4.12. The van der Waals surface area contributed by atoms with E-state index in [4.69, 9.17) is 11.6 Å². The highest BCUT2D eigenvalue weighted by Gasteiger charge is 2.28. The smallest absolute Gasteiger partial charge is 0.367 e. The Morgan fingerprint density at radius 3 is 2.29 bits per heavy atom. The van der Waals surface area contributed by atoms with Crippen molar-refractivity contribution in [1.29, 1.82) is 0 Å². The molecule has 0 atom stereocenters. The molecule has 1 saturated heterocycles. The molecule has 2 aromatic rings. The Morgan fingerprint density at radius 2 is 1.68 bits per heavy atom. The van der Waals surface area contributed by atoms with E-state index in [9.17, 15) is 17.6 Å². The van der Waals surface area contributed by atoms with Gasteiger partial charge >= 0.3 is 6.18 Å². The van der Waals surface area contributed by atoms with Gasteiger partial charge in [-0.2, -0.15) is 13.2 Å². The highest BCUT2D eigenvalue weighted by atomic mass is 35.5. The largest absolute Gasteiger partial charge is 0.398 e. The molecule has 0 spiro atoms. The van der Waals surface area contributed by atoms with E-state index in [1.54, 1.807) is 13.0 Å². The minimum atomic E-state index is -4.25. The number of hydrogen-bond acceptors (Lipinski definition) is 3. The average Bonchev–Trinajstić information content (AvgIpc) is 2.63. The average molecular weight is 433 g/mol. The molecule has 0 amide bonds. The summed E-state index contributed by atoms with van der Waals surface area (Å²) < 4.78 is 52.1. The number of benzene rings is 2. The summed E-state index contributed by atoms with van der Waals surface area (Å²) in [5.41, 5.74) is 2.06. The molecule has 1 heterocycles.